The molecule has 0 aromatic heterocycles. The Morgan fingerprint density at radius 3 is 2.56 bits per heavy atom. The van der Waals surface area contributed by atoms with Crippen LogP contribution in [0.15, 0.2) is 0 Å². The van der Waals surface area contributed by atoms with E-state index < -0.39 is 5.60 Å². The Morgan fingerprint density at radius 2 is 2.12 bits per heavy atom. The molecule has 2 aliphatic rings. The second kappa shape index (κ2) is 4.34. The number of amides is 1. The van der Waals surface area contributed by atoms with Gasteiger partial charge in [-0.05, 0) is 45.1 Å². The number of carbonyl (C=O) groups is 1. The van der Waals surface area contributed by atoms with Crippen LogP contribution in [0, 0.1) is 0 Å². The smallest absolute Gasteiger partial charge is 0.240 e. The summed E-state index contributed by atoms with van der Waals surface area (Å²) >= 11 is 0. The molecule has 2 rings (SSSR count). The van der Waals surface area contributed by atoms with E-state index in [2.05, 4.69) is 10.6 Å². The van der Waals surface area contributed by atoms with Gasteiger partial charge in [-0.25, -0.2) is 0 Å². The van der Waals surface area contributed by atoms with E-state index in [0.717, 1.165) is 45.1 Å². The molecule has 16 heavy (non-hydrogen) atoms. The first kappa shape index (κ1) is 11.9. The van der Waals surface area contributed by atoms with Gasteiger partial charge in [0, 0.05) is 6.54 Å². The van der Waals surface area contributed by atoms with Gasteiger partial charge in [0.2, 0.25) is 5.91 Å². The molecule has 1 saturated carbocycles. The van der Waals surface area contributed by atoms with Crippen LogP contribution >= 0.6 is 0 Å². The molecule has 4 nitrogen and oxygen atoms in total. The minimum atomic E-state index is -0.622. The van der Waals surface area contributed by atoms with Crippen molar-refractivity contribution >= 4 is 5.91 Å². The van der Waals surface area contributed by atoms with Gasteiger partial charge in [-0.1, -0.05) is 6.92 Å². The van der Waals surface area contributed by atoms with Crippen LogP contribution < -0.4 is 10.6 Å². The predicted octanol–water partition coefficient (Wildman–Crippen LogP) is 0.550. The lowest BCUT2D eigenvalue weighted by molar-refractivity contribution is -0.129. The molecular weight excluding hydrogens is 204 g/mol. The number of nitrogens with one attached hydrogen (secondary N) is 2. The van der Waals surface area contributed by atoms with Crippen molar-refractivity contribution in [3.63, 3.8) is 0 Å². The molecule has 1 atom stereocenters. The van der Waals surface area contributed by atoms with Crippen molar-refractivity contribution in [1.29, 1.82) is 0 Å². The molecule has 0 aromatic rings. The van der Waals surface area contributed by atoms with Crippen LogP contribution in [-0.2, 0) is 4.79 Å². The Hall–Kier alpha value is -0.610. The van der Waals surface area contributed by atoms with Crippen molar-refractivity contribution in [2.24, 2.45) is 0 Å². The highest BCUT2D eigenvalue weighted by atomic mass is 16.3. The summed E-state index contributed by atoms with van der Waals surface area (Å²) in [6, 6.07) is 0. The summed E-state index contributed by atoms with van der Waals surface area (Å²) in [5.74, 6) is 0.0628. The summed E-state index contributed by atoms with van der Waals surface area (Å²) in [5.41, 5.74) is -0.997. The molecule has 1 unspecified atom stereocenters. The minimum absolute atomic E-state index is 0.0628. The van der Waals surface area contributed by atoms with Crippen molar-refractivity contribution < 1.29 is 9.90 Å². The molecule has 1 heterocycles. The highest BCUT2D eigenvalue weighted by Gasteiger charge is 2.41. The Balaban J connectivity index is 1.86. The van der Waals surface area contributed by atoms with Crippen LogP contribution in [0.1, 0.15) is 45.4 Å². The van der Waals surface area contributed by atoms with Crippen molar-refractivity contribution in [2.75, 3.05) is 13.1 Å². The molecule has 1 aliphatic carbocycles. The van der Waals surface area contributed by atoms with Crippen LogP contribution in [0.5, 0.6) is 0 Å². The van der Waals surface area contributed by atoms with Gasteiger partial charge in [-0.15, -0.1) is 0 Å². The average Bonchev–Trinajstić information content (AvgIpc) is 2.73. The summed E-state index contributed by atoms with van der Waals surface area (Å²) in [7, 11) is 0. The zero-order chi connectivity index (χ0) is 11.6. The number of carbonyl (C=O) groups excluding carboxylic acids is 1. The number of hydrogen-bond acceptors (Lipinski definition) is 3. The van der Waals surface area contributed by atoms with E-state index in [-0.39, 0.29) is 11.4 Å². The molecule has 4 heteroatoms. The Labute approximate surface area is 96.8 Å². The van der Waals surface area contributed by atoms with Gasteiger partial charge < -0.3 is 15.7 Å². The zero-order valence-corrected chi connectivity index (χ0v) is 10.0. The number of aliphatic hydroxyl groups is 1. The molecular formula is C12H22N2O2. The molecule has 2 fully saturated rings. The maximum absolute atomic E-state index is 12.1. The Bertz CT molecular complexity index is 268. The van der Waals surface area contributed by atoms with Gasteiger partial charge in [-0.3, -0.25) is 4.79 Å². The van der Waals surface area contributed by atoms with Gasteiger partial charge in [0.1, 0.15) is 0 Å². The largest absolute Gasteiger partial charge is 0.388 e. The minimum Gasteiger partial charge on any atom is -0.388 e. The van der Waals surface area contributed by atoms with Crippen LogP contribution in [0.3, 0.4) is 0 Å². The third-order valence-corrected chi connectivity index (χ3v) is 4.14. The highest BCUT2D eigenvalue weighted by Crippen LogP contribution is 2.31. The summed E-state index contributed by atoms with van der Waals surface area (Å²) in [6.07, 6.45) is 5.50. The first-order valence-electron chi connectivity index (χ1n) is 6.36. The fraction of sp³-hybridized carbons (Fsp3) is 0.917. The normalized spacial score (nSPS) is 32.1. The maximum Gasteiger partial charge on any atom is 0.240 e. The molecule has 0 bridgehead atoms. The van der Waals surface area contributed by atoms with Crippen LogP contribution in [-0.4, -0.2) is 35.2 Å². The molecule has 0 aromatic carbocycles. The van der Waals surface area contributed by atoms with Crippen molar-refractivity contribution in [1.82, 2.24) is 10.6 Å². The maximum atomic E-state index is 12.1. The topological polar surface area (TPSA) is 61.4 Å². The number of rotatable bonds is 4. The summed E-state index contributed by atoms with van der Waals surface area (Å²) in [4.78, 5) is 12.1. The molecule has 1 saturated heterocycles. The van der Waals surface area contributed by atoms with E-state index >= 15 is 0 Å². The highest BCUT2D eigenvalue weighted by molar-refractivity contribution is 5.86. The van der Waals surface area contributed by atoms with Gasteiger partial charge in [0.05, 0.1) is 11.1 Å². The first-order valence-corrected chi connectivity index (χ1v) is 6.36. The van der Waals surface area contributed by atoms with E-state index in [4.69, 9.17) is 0 Å². The fourth-order valence-electron chi connectivity index (χ4n) is 2.64. The van der Waals surface area contributed by atoms with Gasteiger partial charge in [0.25, 0.3) is 0 Å². The molecule has 92 valence electrons. The van der Waals surface area contributed by atoms with Crippen molar-refractivity contribution in [3.8, 4) is 0 Å². The SMILES string of the molecule is CCC1(C(=O)NCC2(O)CCC2)CCCN1. The van der Waals surface area contributed by atoms with E-state index in [1.54, 1.807) is 0 Å². The first-order chi connectivity index (χ1) is 7.60. The molecule has 1 amide bonds. The molecule has 0 spiro atoms. The second-order valence-corrected chi connectivity index (χ2v) is 5.23. The van der Waals surface area contributed by atoms with E-state index in [0.29, 0.717) is 6.54 Å². The Kier molecular flexibility index (Phi) is 3.22. The van der Waals surface area contributed by atoms with Gasteiger partial charge in [0.15, 0.2) is 0 Å². The van der Waals surface area contributed by atoms with Crippen LogP contribution in [0.2, 0.25) is 0 Å². The van der Waals surface area contributed by atoms with E-state index in [1.807, 2.05) is 6.92 Å². The quantitative estimate of drug-likeness (QED) is 0.656. The molecule has 1 aliphatic heterocycles. The lowest BCUT2D eigenvalue weighted by Gasteiger charge is -2.38. The van der Waals surface area contributed by atoms with Crippen molar-refractivity contribution in [2.45, 2.75) is 56.6 Å². The zero-order valence-electron chi connectivity index (χ0n) is 10.0. The second-order valence-electron chi connectivity index (χ2n) is 5.23. The van der Waals surface area contributed by atoms with Gasteiger partial charge in [-0.2, -0.15) is 0 Å². The lowest BCUT2D eigenvalue weighted by Crippen LogP contribution is -2.57. The van der Waals surface area contributed by atoms with Crippen LogP contribution in [0.25, 0.3) is 0 Å². The Morgan fingerprint density at radius 1 is 1.38 bits per heavy atom. The van der Waals surface area contributed by atoms with E-state index in [1.165, 1.54) is 0 Å². The molecule has 0 radical (unpaired) electrons. The lowest BCUT2D eigenvalue weighted by atomic mass is 9.80. The predicted molar refractivity (Wildman–Crippen MR) is 62.1 cm³/mol. The summed E-state index contributed by atoms with van der Waals surface area (Å²) in [6.45, 7) is 3.37. The average molecular weight is 226 g/mol. The fourth-order valence-corrected chi connectivity index (χ4v) is 2.64. The summed E-state index contributed by atoms with van der Waals surface area (Å²) in [5, 5.41) is 16.1. The summed E-state index contributed by atoms with van der Waals surface area (Å²) < 4.78 is 0. The number of hydrogen-bond donors (Lipinski definition) is 3. The molecule has 3 N–H and O–H groups in total. The van der Waals surface area contributed by atoms with Crippen LogP contribution in [0.4, 0.5) is 0 Å². The van der Waals surface area contributed by atoms with E-state index in [9.17, 15) is 9.90 Å². The monoisotopic (exact) mass is 226 g/mol. The standard InChI is InChI=1S/C12H22N2O2/c1-2-12(7-4-8-14-12)10(15)13-9-11(16)5-3-6-11/h14,16H,2-9H2,1H3,(H,13,15). The third-order valence-electron chi connectivity index (χ3n) is 4.14. The third kappa shape index (κ3) is 2.09. The van der Waals surface area contributed by atoms with Gasteiger partial charge >= 0.3 is 0 Å². The van der Waals surface area contributed by atoms with Crippen molar-refractivity contribution in [3.05, 3.63) is 0 Å².